The van der Waals surface area contributed by atoms with Crippen molar-refractivity contribution in [1.29, 1.82) is 0 Å². The maximum absolute atomic E-state index is 5.48. The summed E-state index contributed by atoms with van der Waals surface area (Å²) >= 11 is 0. The zero-order chi connectivity index (χ0) is 12.2. The fourth-order valence-corrected chi connectivity index (χ4v) is 2.48. The molecule has 1 aromatic heterocycles. The SMILES string of the molecule is c1ccc2c(CNC3CCCOC3)cncc2c1. The van der Waals surface area contributed by atoms with E-state index in [9.17, 15) is 0 Å². The first kappa shape index (κ1) is 11.6. The van der Waals surface area contributed by atoms with Crippen molar-refractivity contribution in [3.63, 3.8) is 0 Å². The van der Waals surface area contributed by atoms with Gasteiger partial charge in [-0.3, -0.25) is 4.98 Å². The van der Waals surface area contributed by atoms with E-state index in [1.165, 1.54) is 22.8 Å². The lowest BCUT2D eigenvalue weighted by molar-refractivity contribution is 0.0700. The Morgan fingerprint density at radius 2 is 2.22 bits per heavy atom. The second kappa shape index (κ2) is 5.46. The van der Waals surface area contributed by atoms with Crippen molar-refractivity contribution in [2.75, 3.05) is 13.2 Å². The normalized spacial score (nSPS) is 20.1. The first-order valence-electron chi connectivity index (χ1n) is 6.56. The maximum Gasteiger partial charge on any atom is 0.0619 e. The smallest absolute Gasteiger partial charge is 0.0619 e. The highest BCUT2D eigenvalue weighted by Gasteiger charge is 2.13. The molecule has 1 atom stereocenters. The molecule has 2 aromatic rings. The van der Waals surface area contributed by atoms with E-state index in [-0.39, 0.29) is 0 Å². The molecule has 18 heavy (non-hydrogen) atoms. The van der Waals surface area contributed by atoms with E-state index in [0.717, 1.165) is 26.2 Å². The molecule has 1 unspecified atom stereocenters. The second-order valence-electron chi connectivity index (χ2n) is 4.81. The molecule has 0 amide bonds. The molecule has 0 bridgehead atoms. The van der Waals surface area contributed by atoms with Crippen LogP contribution in [0.25, 0.3) is 10.8 Å². The van der Waals surface area contributed by atoms with Gasteiger partial charge in [-0.2, -0.15) is 0 Å². The molecule has 0 spiro atoms. The van der Waals surface area contributed by atoms with Crippen LogP contribution in [0.5, 0.6) is 0 Å². The van der Waals surface area contributed by atoms with Crippen LogP contribution in [0.3, 0.4) is 0 Å². The third kappa shape index (κ3) is 2.52. The molecular formula is C15H18N2O. The number of fused-ring (bicyclic) bond motifs is 1. The minimum atomic E-state index is 0.484. The summed E-state index contributed by atoms with van der Waals surface area (Å²) in [7, 11) is 0. The van der Waals surface area contributed by atoms with Crippen LogP contribution >= 0.6 is 0 Å². The van der Waals surface area contributed by atoms with Crippen molar-refractivity contribution in [3.8, 4) is 0 Å². The van der Waals surface area contributed by atoms with Gasteiger partial charge in [-0.25, -0.2) is 0 Å². The summed E-state index contributed by atoms with van der Waals surface area (Å²) in [6.07, 6.45) is 6.24. The van der Waals surface area contributed by atoms with Crippen molar-refractivity contribution in [1.82, 2.24) is 10.3 Å². The van der Waals surface area contributed by atoms with Crippen LogP contribution in [0.4, 0.5) is 0 Å². The predicted octanol–water partition coefficient (Wildman–Crippen LogP) is 2.50. The summed E-state index contributed by atoms with van der Waals surface area (Å²) in [6.45, 7) is 2.61. The molecule has 1 N–H and O–H groups in total. The number of rotatable bonds is 3. The van der Waals surface area contributed by atoms with Crippen LogP contribution in [0.2, 0.25) is 0 Å². The van der Waals surface area contributed by atoms with Crippen molar-refractivity contribution >= 4 is 10.8 Å². The van der Waals surface area contributed by atoms with Gasteiger partial charge in [0.2, 0.25) is 0 Å². The number of hydrogen-bond acceptors (Lipinski definition) is 3. The van der Waals surface area contributed by atoms with Crippen LogP contribution < -0.4 is 5.32 Å². The molecule has 1 aliphatic heterocycles. The van der Waals surface area contributed by atoms with Gasteiger partial charge in [-0.1, -0.05) is 24.3 Å². The van der Waals surface area contributed by atoms with Crippen molar-refractivity contribution in [2.24, 2.45) is 0 Å². The lowest BCUT2D eigenvalue weighted by atomic mass is 10.1. The van der Waals surface area contributed by atoms with E-state index in [1.807, 2.05) is 12.4 Å². The Labute approximate surface area is 107 Å². The van der Waals surface area contributed by atoms with Crippen LogP contribution in [-0.4, -0.2) is 24.2 Å². The molecule has 2 heterocycles. The first-order valence-corrected chi connectivity index (χ1v) is 6.56. The van der Waals surface area contributed by atoms with Crippen molar-refractivity contribution < 1.29 is 4.74 Å². The number of nitrogens with zero attached hydrogens (tertiary/aromatic N) is 1. The molecule has 1 aliphatic rings. The number of aromatic nitrogens is 1. The maximum atomic E-state index is 5.48. The molecule has 1 saturated heterocycles. The van der Waals surface area contributed by atoms with Gasteiger partial charge in [-0.15, -0.1) is 0 Å². The standard InChI is InChI=1S/C15H18N2O/c1-2-6-15-12(4-1)8-16-9-13(15)10-17-14-5-3-7-18-11-14/h1-2,4,6,8-9,14,17H,3,5,7,10-11H2. The largest absolute Gasteiger partial charge is 0.380 e. The zero-order valence-electron chi connectivity index (χ0n) is 10.4. The Kier molecular flexibility index (Phi) is 3.53. The third-order valence-corrected chi connectivity index (χ3v) is 3.49. The molecule has 3 rings (SSSR count). The number of hydrogen-bond donors (Lipinski definition) is 1. The number of nitrogens with one attached hydrogen (secondary N) is 1. The van der Waals surface area contributed by atoms with Gasteiger partial charge in [0.25, 0.3) is 0 Å². The predicted molar refractivity (Wildman–Crippen MR) is 72.4 cm³/mol. The Morgan fingerprint density at radius 1 is 1.28 bits per heavy atom. The Morgan fingerprint density at radius 3 is 3.11 bits per heavy atom. The summed E-state index contributed by atoms with van der Waals surface area (Å²) < 4.78 is 5.48. The van der Waals surface area contributed by atoms with Crippen LogP contribution in [0.1, 0.15) is 18.4 Å². The summed E-state index contributed by atoms with van der Waals surface area (Å²) in [5.74, 6) is 0. The monoisotopic (exact) mass is 242 g/mol. The fourth-order valence-electron chi connectivity index (χ4n) is 2.48. The molecule has 0 saturated carbocycles. The van der Waals surface area contributed by atoms with Gasteiger partial charge >= 0.3 is 0 Å². The minimum absolute atomic E-state index is 0.484. The fraction of sp³-hybridized carbons (Fsp3) is 0.400. The average Bonchev–Trinajstić information content (AvgIpc) is 2.46. The Bertz CT molecular complexity index is 515. The van der Waals surface area contributed by atoms with Crippen molar-refractivity contribution in [3.05, 3.63) is 42.2 Å². The third-order valence-electron chi connectivity index (χ3n) is 3.49. The van der Waals surface area contributed by atoms with Crippen LogP contribution in [0.15, 0.2) is 36.7 Å². The molecule has 0 radical (unpaired) electrons. The lowest BCUT2D eigenvalue weighted by Crippen LogP contribution is -2.36. The highest BCUT2D eigenvalue weighted by Crippen LogP contribution is 2.17. The molecule has 3 nitrogen and oxygen atoms in total. The Hall–Kier alpha value is -1.45. The average molecular weight is 242 g/mol. The van der Waals surface area contributed by atoms with Gasteiger partial charge in [-0.05, 0) is 23.8 Å². The van der Waals surface area contributed by atoms with E-state index in [2.05, 4.69) is 34.6 Å². The molecular weight excluding hydrogens is 224 g/mol. The number of ether oxygens (including phenoxy) is 1. The molecule has 0 aliphatic carbocycles. The van der Waals surface area contributed by atoms with Crippen LogP contribution in [-0.2, 0) is 11.3 Å². The summed E-state index contributed by atoms with van der Waals surface area (Å²) in [5, 5.41) is 6.06. The van der Waals surface area contributed by atoms with Gasteiger partial charge in [0.15, 0.2) is 0 Å². The topological polar surface area (TPSA) is 34.1 Å². The molecule has 3 heteroatoms. The van der Waals surface area contributed by atoms with E-state index < -0.39 is 0 Å². The zero-order valence-corrected chi connectivity index (χ0v) is 10.4. The lowest BCUT2D eigenvalue weighted by Gasteiger charge is -2.23. The van der Waals surface area contributed by atoms with Gasteiger partial charge in [0.05, 0.1) is 6.61 Å². The highest BCUT2D eigenvalue weighted by atomic mass is 16.5. The van der Waals surface area contributed by atoms with Crippen molar-refractivity contribution in [2.45, 2.75) is 25.4 Å². The van der Waals surface area contributed by atoms with Crippen LogP contribution in [0, 0.1) is 0 Å². The van der Waals surface area contributed by atoms with E-state index >= 15 is 0 Å². The summed E-state index contributed by atoms with van der Waals surface area (Å²) in [4.78, 5) is 4.31. The number of pyridine rings is 1. The molecule has 1 fully saturated rings. The first-order chi connectivity index (χ1) is 8.93. The van der Waals surface area contributed by atoms with E-state index in [1.54, 1.807) is 0 Å². The van der Waals surface area contributed by atoms with Gasteiger partial charge < -0.3 is 10.1 Å². The van der Waals surface area contributed by atoms with Gasteiger partial charge in [0, 0.05) is 37.0 Å². The van der Waals surface area contributed by atoms with Gasteiger partial charge in [0.1, 0.15) is 0 Å². The molecule has 94 valence electrons. The Balaban J connectivity index is 1.74. The van der Waals surface area contributed by atoms with E-state index in [4.69, 9.17) is 4.74 Å². The molecule has 1 aromatic carbocycles. The summed E-state index contributed by atoms with van der Waals surface area (Å²) in [5.41, 5.74) is 1.26. The minimum Gasteiger partial charge on any atom is -0.380 e. The number of benzene rings is 1. The van der Waals surface area contributed by atoms with E-state index in [0.29, 0.717) is 6.04 Å². The second-order valence-corrected chi connectivity index (χ2v) is 4.81. The summed E-state index contributed by atoms with van der Waals surface area (Å²) in [6, 6.07) is 8.88. The highest BCUT2D eigenvalue weighted by molar-refractivity contribution is 5.84. The quantitative estimate of drug-likeness (QED) is 0.898.